The molecule has 2 aromatic carbocycles. The Morgan fingerprint density at radius 3 is 2.60 bits per heavy atom. The zero-order valence-electron chi connectivity index (χ0n) is 16.6. The van der Waals surface area contributed by atoms with Crippen molar-refractivity contribution in [3.8, 4) is 28.0 Å². The van der Waals surface area contributed by atoms with Gasteiger partial charge < -0.3 is 9.30 Å². The number of ether oxygens (including phenoxy) is 1. The standard InChI is InChI=1S/C21H19FN4O3S/c1-4-26-12-23-20-17(11-24-25-21(20)26)13-5-8-18(22)16(9-13)15-7-6-14(30(3,27)28)10-19(15)29-2/h5-12H,4H2,1-3H3. The summed E-state index contributed by atoms with van der Waals surface area (Å²) in [6.45, 7) is 2.69. The highest BCUT2D eigenvalue weighted by Crippen LogP contribution is 2.37. The van der Waals surface area contributed by atoms with E-state index in [1.807, 2.05) is 11.5 Å². The molecule has 4 aromatic rings. The fourth-order valence-electron chi connectivity index (χ4n) is 3.34. The zero-order chi connectivity index (χ0) is 21.5. The molecule has 7 nitrogen and oxygen atoms in total. The van der Waals surface area contributed by atoms with E-state index in [-0.39, 0.29) is 16.2 Å². The maximum absolute atomic E-state index is 14.8. The van der Waals surface area contributed by atoms with Crippen LogP contribution >= 0.6 is 0 Å². The summed E-state index contributed by atoms with van der Waals surface area (Å²) in [6.07, 6.45) is 4.40. The first-order valence-electron chi connectivity index (χ1n) is 9.18. The summed E-state index contributed by atoms with van der Waals surface area (Å²) in [5, 5.41) is 8.23. The topological polar surface area (TPSA) is 87.0 Å². The number of methoxy groups -OCH3 is 1. The molecule has 2 heterocycles. The largest absolute Gasteiger partial charge is 0.496 e. The summed E-state index contributed by atoms with van der Waals surface area (Å²) < 4.78 is 45.7. The van der Waals surface area contributed by atoms with Crippen molar-refractivity contribution in [3.05, 3.63) is 54.7 Å². The second kappa shape index (κ2) is 7.49. The van der Waals surface area contributed by atoms with Crippen molar-refractivity contribution < 1.29 is 17.5 Å². The molecular weight excluding hydrogens is 407 g/mol. The highest BCUT2D eigenvalue weighted by molar-refractivity contribution is 7.90. The third-order valence-electron chi connectivity index (χ3n) is 4.91. The lowest BCUT2D eigenvalue weighted by molar-refractivity contribution is 0.415. The summed E-state index contributed by atoms with van der Waals surface area (Å²) in [4.78, 5) is 4.54. The number of halogens is 1. The molecule has 0 aliphatic carbocycles. The molecule has 0 unspecified atom stereocenters. The van der Waals surface area contributed by atoms with Gasteiger partial charge in [0, 0.05) is 29.5 Å². The van der Waals surface area contributed by atoms with Crippen LogP contribution in [-0.2, 0) is 16.4 Å². The normalized spacial score (nSPS) is 11.7. The molecule has 0 aliphatic heterocycles. The van der Waals surface area contributed by atoms with E-state index in [4.69, 9.17) is 4.74 Å². The number of hydrogen-bond donors (Lipinski definition) is 0. The Balaban J connectivity index is 1.89. The third-order valence-corrected chi connectivity index (χ3v) is 6.02. The third kappa shape index (κ3) is 3.41. The molecule has 0 amide bonds. The first kappa shape index (κ1) is 20.0. The van der Waals surface area contributed by atoms with Gasteiger partial charge in [0.2, 0.25) is 0 Å². The average Bonchev–Trinajstić information content (AvgIpc) is 3.16. The van der Waals surface area contributed by atoms with Crippen LogP contribution in [0.15, 0.2) is 53.8 Å². The van der Waals surface area contributed by atoms with Crippen LogP contribution in [0.1, 0.15) is 6.92 Å². The maximum Gasteiger partial charge on any atom is 0.183 e. The Labute approximate surface area is 173 Å². The number of aryl methyl sites for hydroxylation is 1. The van der Waals surface area contributed by atoms with E-state index in [1.165, 1.54) is 25.3 Å². The molecule has 2 aromatic heterocycles. The lowest BCUT2D eigenvalue weighted by atomic mass is 9.98. The molecule has 0 saturated carbocycles. The van der Waals surface area contributed by atoms with Crippen LogP contribution in [0.25, 0.3) is 33.4 Å². The Hall–Kier alpha value is -3.33. The second-order valence-corrected chi connectivity index (χ2v) is 8.81. The Kier molecular flexibility index (Phi) is 4.98. The van der Waals surface area contributed by atoms with Crippen molar-refractivity contribution in [2.24, 2.45) is 0 Å². The Bertz CT molecular complexity index is 1370. The number of rotatable bonds is 5. The average molecular weight is 426 g/mol. The summed E-state index contributed by atoms with van der Waals surface area (Å²) in [6, 6.07) is 9.06. The van der Waals surface area contributed by atoms with E-state index < -0.39 is 15.7 Å². The van der Waals surface area contributed by atoms with Gasteiger partial charge in [-0.1, -0.05) is 6.07 Å². The monoisotopic (exact) mass is 426 g/mol. The lowest BCUT2D eigenvalue weighted by Crippen LogP contribution is -1.99. The highest BCUT2D eigenvalue weighted by atomic mass is 32.2. The molecule has 4 rings (SSSR count). The highest BCUT2D eigenvalue weighted by Gasteiger charge is 2.18. The van der Waals surface area contributed by atoms with Crippen LogP contribution in [0.3, 0.4) is 0 Å². The molecule has 0 atom stereocenters. The van der Waals surface area contributed by atoms with Crippen LogP contribution in [0.2, 0.25) is 0 Å². The van der Waals surface area contributed by atoms with Gasteiger partial charge in [0.1, 0.15) is 17.1 Å². The number of imidazole rings is 1. The lowest BCUT2D eigenvalue weighted by Gasteiger charge is -2.13. The number of benzene rings is 2. The van der Waals surface area contributed by atoms with E-state index >= 15 is 0 Å². The van der Waals surface area contributed by atoms with Crippen LogP contribution in [0.5, 0.6) is 5.75 Å². The van der Waals surface area contributed by atoms with Gasteiger partial charge in [-0.3, -0.25) is 0 Å². The molecule has 0 bridgehead atoms. The summed E-state index contributed by atoms with van der Waals surface area (Å²) in [7, 11) is -2.00. The predicted octanol–water partition coefficient (Wildman–Crippen LogP) is 3.73. The smallest absolute Gasteiger partial charge is 0.183 e. The molecule has 0 fully saturated rings. The SMILES string of the molecule is CCn1cnc2c(-c3ccc(F)c(-c4ccc(S(C)(=O)=O)cc4OC)c3)cnnc21. The van der Waals surface area contributed by atoms with Crippen molar-refractivity contribution in [2.45, 2.75) is 18.4 Å². The number of nitrogens with zero attached hydrogens (tertiary/aromatic N) is 4. The predicted molar refractivity (Wildman–Crippen MR) is 111 cm³/mol. The summed E-state index contributed by atoms with van der Waals surface area (Å²) >= 11 is 0. The first-order valence-corrected chi connectivity index (χ1v) is 11.1. The number of aromatic nitrogens is 4. The Morgan fingerprint density at radius 1 is 1.10 bits per heavy atom. The van der Waals surface area contributed by atoms with E-state index in [9.17, 15) is 12.8 Å². The zero-order valence-corrected chi connectivity index (χ0v) is 17.4. The molecule has 0 saturated heterocycles. The quantitative estimate of drug-likeness (QED) is 0.483. The molecule has 9 heteroatoms. The molecule has 0 radical (unpaired) electrons. The van der Waals surface area contributed by atoms with Gasteiger partial charge in [0.15, 0.2) is 15.5 Å². The van der Waals surface area contributed by atoms with Crippen LogP contribution in [0.4, 0.5) is 4.39 Å². The van der Waals surface area contributed by atoms with Gasteiger partial charge in [0.25, 0.3) is 0 Å². The van der Waals surface area contributed by atoms with E-state index in [0.717, 1.165) is 11.8 Å². The fraction of sp³-hybridized carbons (Fsp3) is 0.190. The van der Waals surface area contributed by atoms with Gasteiger partial charge in [-0.2, -0.15) is 5.10 Å². The molecule has 154 valence electrons. The van der Waals surface area contributed by atoms with Crippen molar-refractivity contribution >= 4 is 21.0 Å². The first-order chi connectivity index (χ1) is 14.3. The minimum Gasteiger partial charge on any atom is -0.496 e. The molecule has 0 aliphatic rings. The Morgan fingerprint density at radius 2 is 1.90 bits per heavy atom. The van der Waals surface area contributed by atoms with Gasteiger partial charge >= 0.3 is 0 Å². The van der Waals surface area contributed by atoms with Crippen LogP contribution in [-0.4, -0.2) is 41.5 Å². The van der Waals surface area contributed by atoms with Gasteiger partial charge in [-0.05, 0) is 42.8 Å². The van der Waals surface area contributed by atoms with Gasteiger partial charge in [-0.25, -0.2) is 17.8 Å². The van der Waals surface area contributed by atoms with Crippen LogP contribution in [0, 0.1) is 5.82 Å². The molecule has 30 heavy (non-hydrogen) atoms. The van der Waals surface area contributed by atoms with Crippen LogP contribution < -0.4 is 4.74 Å². The molecular formula is C21H19FN4O3S. The van der Waals surface area contributed by atoms with Gasteiger partial charge in [0.05, 0.1) is 24.5 Å². The summed E-state index contributed by atoms with van der Waals surface area (Å²) in [5.41, 5.74) is 3.48. The number of hydrogen-bond acceptors (Lipinski definition) is 6. The minimum absolute atomic E-state index is 0.102. The van der Waals surface area contributed by atoms with Crippen molar-refractivity contribution in [3.63, 3.8) is 0 Å². The summed E-state index contributed by atoms with van der Waals surface area (Å²) in [5.74, 6) is -0.191. The second-order valence-electron chi connectivity index (χ2n) is 6.79. The van der Waals surface area contributed by atoms with E-state index in [0.29, 0.717) is 28.8 Å². The van der Waals surface area contributed by atoms with Gasteiger partial charge in [-0.15, -0.1) is 5.10 Å². The number of sulfone groups is 1. The maximum atomic E-state index is 14.8. The van der Waals surface area contributed by atoms with Crippen molar-refractivity contribution in [1.82, 2.24) is 19.7 Å². The minimum atomic E-state index is -3.42. The van der Waals surface area contributed by atoms with Crippen molar-refractivity contribution in [1.29, 1.82) is 0 Å². The van der Waals surface area contributed by atoms with Crippen molar-refractivity contribution in [2.75, 3.05) is 13.4 Å². The number of fused-ring (bicyclic) bond motifs is 1. The fourth-order valence-corrected chi connectivity index (χ4v) is 3.98. The molecule has 0 N–H and O–H groups in total. The van der Waals surface area contributed by atoms with E-state index in [1.54, 1.807) is 30.7 Å². The van der Waals surface area contributed by atoms with E-state index in [2.05, 4.69) is 15.2 Å². The molecule has 0 spiro atoms.